The minimum absolute atomic E-state index is 0.129. The van der Waals surface area contributed by atoms with Crippen molar-refractivity contribution in [2.75, 3.05) is 46.1 Å². The first-order valence-electron chi connectivity index (χ1n) is 8.48. The number of rotatable bonds is 10. The van der Waals surface area contributed by atoms with E-state index in [9.17, 15) is 9.59 Å². The highest BCUT2D eigenvalue weighted by Gasteiger charge is 2.17. The Labute approximate surface area is 149 Å². The van der Waals surface area contributed by atoms with E-state index >= 15 is 0 Å². The van der Waals surface area contributed by atoms with Crippen LogP contribution in [0.5, 0.6) is 0 Å². The van der Waals surface area contributed by atoms with Gasteiger partial charge in [-0.3, -0.25) is 4.79 Å². The van der Waals surface area contributed by atoms with Gasteiger partial charge in [0.15, 0.2) is 0 Å². The van der Waals surface area contributed by atoms with Gasteiger partial charge >= 0.3 is 12.1 Å². The zero-order valence-corrected chi connectivity index (χ0v) is 15.4. The first-order chi connectivity index (χ1) is 11.9. The molecule has 0 aromatic heterocycles. The normalized spacial score (nSPS) is 10.6. The number of nitrogens with zero attached hydrogens (tertiary/aromatic N) is 2. The van der Waals surface area contributed by atoms with Crippen molar-refractivity contribution in [2.45, 2.75) is 26.3 Å². The third-order valence-corrected chi connectivity index (χ3v) is 3.43. The number of anilines is 1. The smallest absolute Gasteiger partial charge is 0.410 e. The van der Waals surface area contributed by atoms with Crippen LogP contribution in [0.3, 0.4) is 0 Å². The Morgan fingerprint density at radius 1 is 1.04 bits per heavy atom. The van der Waals surface area contributed by atoms with Gasteiger partial charge in [0.2, 0.25) is 0 Å². The van der Waals surface area contributed by atoms with Crippen molar-refractivity contribution in [1.82, 2.24) is 9.80 Å². The SMILES string of the molecule is CCCOC(=O)N(CCC(=O)OCCN(C)C)Cc1ccc(N)cc1. The maximum Gasteiger partial charge on any atom is 0.410 e. The van der Waals surface area contributed by atoms with Gasteiger partial charge in [-0.15, -0.1) is 0 Å². The number of hydrogen-bond acceptors (Lipinski definition) is 6. The van der Waals surface area contributed by atoms with Crippen molar-refractivity contribution in [2.24, 2.45) is 0 Å². The Morgan fingerprint density at radius 2 is 1.72 bits per heavy atom. The Kier molecular flexibility index (Phi) is 9.39. The van der Waals surface area contributed by atoms with Crippen LogP contribution in [0, 0.1) is 0 Å². The fourth-order valence-electron chi connectivity index (χ4n) is 2.00. The molecule has 0 heterocycles. The van der Waals surface area contributed by atoms with Gasteiger partial charge in [0.25, 0.3) is 0 Å². The summed E-state index contributed by atoms with van der Waals surface area (Å²) in [6.45, 7) is 3.88. The number of nitrogen functional groups attached to an aromatic ring is 1. The second-order valence-corrected chi connectivity index (χ2v) is 6.05. The summed E-state index contributed by atoms with van der Waals surface area (Å²) >= 11 is 0. The number of amides is 1. The lowest BCUT2D eigenvalue weighted by molar-refractivity contribution is -0.144. The summed E-state index contributed by atoms with van der Waals surface area (Å²) in [5, 5.41) is 0. The number of carbonyl (C=O) groups is 2. The molecular weight excluding hydrogens is 322 g/mol. The van der Waals surface area contributed by atoms with Crippen LogP contribution < -0.4 is 5.73 Å². The average molecular weight is 351 g/mol. The van der Waals surface area contributed by atoms with Crippen LogP contribution in [0.1, 0.15) is 25.3 Å². The van der Waals surface area contributed by atoms with Gasteiger partial charge < -0.3 is 25.0 Å². The fraction of sp³-hybridized carbons (Fsp3) is 0.556. The number of esters is 1. The van der Waals surface area contributed by atoms with Crippen molar-refractivity contribution < 1.29 is 19.1 Å². The van der Waals surface area contributed by atoms with Gasteiger partial charge in [-0.25, -0.2) is 4.79 Å². The number of nitrogens with two attached hydrogens (primary N) is 1. The summed E-state index contributed by atoms with van der Waals surface area (Å²) in [5.74, 6) is -0.326. The van der Waals surface area contributed by atoms with Crippen molar-refractivity contribution >= 4 is 17.7 Å². The van der Waals surface area contributed by atoms with Crippen LogP contribution in [0.15, 0.2) is 24.3 Å². The van der Waals surface area contributed by atoms with Gasteiger partial charge in [-0.1, -0.05) is 19.1 Å². The zero-order chi connectivity index (χ0) is 18.7. The second kappa shape index (κ2) is 11.3. The molecule has 140 valence electrons. The number of likely N-dealkylation sites (N-methyl/N-ethyl adjacent to an activating group) is 1. The molecule has 0 aliphatic carbocycles. The Hall–Kier alpha value is -2.28. The molecule has 7 heteroatoms. The minimum Gasteiger partial charge on any atom is -0.464 e. The summed E-state index contributed by atoms with van der Waals surface area (Å²) in [6.07, 6.45) is 0.442. The largest absolute Gasteiger partial charge is 0.464 e. The molecular formula is C18H29N3O4. The molecule has 1 aromatic carbocycles. The summed E-state index contributed by atoms with van der Waals surface area (Å²) < 4.78 is 10.4. The van der Waals surface area contributed by atoms with Crippen LogP contribution in [0.4, 0.5) is 10.5 Å². The van der Waals surface area contributed by atoms with Crippen LogP contribution in [-0.4, -0.2) is 62.3 Å². The van der Waals surface area contributed by atoms with Crippen molar-refractivity contribution in [3.05, 3.63) is 29.8 Å². The van der Waals surface area contributed by atoms with E-state index in [4.69, 9.17) is 15.2 Å². The molecule has 0 atom stereocenters. The molecule has 0 aliphatic heterocycles. The van der Waals surface area contributed by atoms with Crippen molar-refractivity contribution in [3.63, 3.8) is 0 Å². The van der Waals surface area contributed by atoms with Gasteiger partial charge in [-0.2, -0.15) is 0 Å². The maximum absolute atomic E-state index is 12.2. The first-order valence-corrected chi connectivity index (χ1v) is 8.48. The lowest BCUT2D eigenvalue weighted by Gasteiger charge is -2.22. The third-order valence-electron chi connectivity index (χ3n) is 3.43. The van der Waals surface area contributed by atoms with E-state index in [1.807, 2.05) is 38.1 Å². The molecule has 0 aliphatic rings. The maximum atomic E-state index is 12.2. The van der Waals surface area contributed by atoms with E-state index in [0.29, 0.717) is 32.0 Å². The summed E-state index contributed by atoms with van der Waals surface area (Å²) in [5.41, 5.74) is 7.26. The van der Waals surface area contributed by atoms with E-state index in [0.717, 1.165) is 12.0 Å². The second-order valence-electron chi connectivity index (χ2n) is 6.05. The molecule has 0 spiro atoms. The van der Waals surface area contributed by atoms with Gasteiger partial charge in [0, 0.05) is 25.3 Å². The quantitative estimate of drug-likeness (QED) is 0.513. The van der Waals surface area contributed by atoms with E-state index < -0.39 is 6.09 Å². The summed E-state index contributed by atoms with van der Waals surface area (Å²) in [4.78, 5) is 27.5. The van der Waals surface area contributed by atoms with Gasteiger partial charge in [0.05, 0.1) is 13.0 Å². The topological polar surface area (TPSA) is 85.1 Å². The molecule has 1 amide bonds. The zero-order valence-electron chi connectivity index (χ0n) is 15.4. The molecule has 0 unspecified atom stereocenters. The van der Waals surface area contributed by atoms with Gasteiger partial charge in [-0.05, 0) is 38.2 Å². The number of hydrogen-bond donors (Lipinski definition) is 1. The molecule has 7 nitrogen and oxygen atoms in total. The number of ether oxygens (including phenoxy) is 2. The summed E-state index contributed by atoms with van der Waals surface area (Å²) in [6, 6.07) is 7.26. The molecule has 0 saturated heterocycles. The van der Waals surface area contributed by atoms with E-state index in [1.165, 1.54) is 4.90 Å². The molecule has 1 rings (SSSR count). The predicted octanol–water partition coefficient (Wildman–Crippen LogP) is 2.11. The highest BCUT2D eigenvalue weighted by molar-refractivity contribution is 5.72. The van der Waals surface area contributed by atoms with Gasteiger partial charge in [0.1, 0.15) is 6.61 Å². The molecule has 25 heavy (non-hydrogen) atoms. The molecule has 0 fully saturated rings. The lowest BCUT2D eigenvalue weighted by atomic mass is 10.2. The van der Waals surface area contributed by atoms with E-state index in [-0.39, 0.29) is 18.9 Å². The highest BCUT2D eigenvalue weighted by Crippen LogP contribution is 2.10. The molecule has 2 N–H and O–H groups in total. The van der Waals surface area contributed by atoms with Crippen LogP contribution in [0.25, 0.3) is 0 Å². The Balaban J connectivity index is 2.56. The number of carbonyl (C=O) groups excluding carboxylic acids is 2. The molecule has 0 radical (unpaired) electrons. The Morgan fingerprint density at radius 3 is 2.32 bits per heavy atom. The fourth-order valence-corrected chi connectivity index (χ4v) is 2.00. The third kappa shape index (κ3) is 8.95. The molecule has 0 saturated carbocycles. The average Bonchev–Trinajstić information content (AvgIpc) is 2.57. The lowest BCUT2D eigenvalue weighted by Crippen LogP contribution is -2.33. The van der Waals surface area contributed by atoms with Crippen LogP contribution in [0.2, 0.25) is 0 Å². The van der Waals surface area contributed by atoms with E-state index in [2.05, 4.69) is 0 Å². The van der Waals surface area contributed by atoms with Crippen molar-refractivity contribution in [1.29, 1.82) is 0 Å². The molecule has 1 aromatic rings. The monoisotopic (exact) mass is 351 g/mol. The molecule has 0 bridgehead atoms. The highest BCUT2D eigenvalue weighted by atomic mass is 16.6. The standard InChI is InChI=1S/C18H29N3O4/c1-4-12-25-18(23)21(14-15-5-7-16(19)8-6-15)10-9-17(22)24-13-11-20(2)3/h5-8H,4,9-14,19H2,1-3H3. The number of benzene rings is 1. The van der Waals surface area contributed by atoms with Crippen molar-refractivity contribution in [3.8, 4) is 0 Å². The minimum atomic E-state index is -0.431. The first kappa shape index (κ1) is 20.8. The summed E-state index contributed by atoms with van der Waals surface area (Å²) in [7, 11) is 3.82. The predicted molar refractivity (Wildman–Crippen MR) is 97.0 cm³/mol. The van der Waals surface area contributed by atoms with E-state index in [1.54, 1.807) is 12.1 Å². The van der Waals surface area contributed by atoms with Crippen LogP contribution in [-0.2, 0) is 20.8 Å². The Bertz CT molecular complexity index is 532. The van der Waals surface area contributed by atoms with Crippen LogP contribution >= 0.6 is 0 Å².